The van der Waals surface area contributed by atoms with E-state index in [2.05, 4.69) is 84.9 Å². The highest BCUT2D eigenvalue weighted by Crippen LogP contribution is 2.38. The molecule has 8 aliphatic heterocycles. The Morgan fingerprint density at radius 3 is 1.46 bits per heavy atom. The number of rotatable bonds is 6. The molecule has 6 saturated heterocycles. The predicted molar refractivity (Wildman–Crippen MR) is 410 cm³/mol. The summed E-state index contributed by atoms with van der Waals surface area (Å²) in [5.74, 6) is 1.55. The number of hydrogen-bond acceptors (Lipinski definition) is 21. The molecule has 3 amide bonds. The molecule has 2 atom stereocenters. The van der Waals surface area contributed by atoms with Crippen LogP contribution in [0.3, 0.4) is 0 Å². The molecule has 0 unspecified atom stereocenters. The van der Waals surface area contributed by atoms with Crippen LogP contribution in [0.25, 0.3) is 0 Å². The van der Waals surface area contributed by atoms with Gasteiger partial charge in [-0.1, -0.05) is 46.4 Å². The zero-order chi connectivity index (χ0) is 75.4. The van der Waals surface area contributed by atoms with E-state index in [1.165, 1.54) is 31.0 Å². The molecule has 14 rings (SSSR count). The Morgan fingerprint density at radius 1 is 0.543 bits per heavy atom. The molecular weight excluding hydrogens is 1420 g/mol. The summed E-state index contributed by atoms with van der Waals surface area (Å²) in [5.41, 5.74) is 8.01. The Labute approximate surface area is 634 Å². The van der Waals surface area contributed by atoms with E-state index in [0.717, 1.165) is 169 Å². The molecule has 4 aromatic carbocycles. The van der Waals surface area contributed by atoms with E-state index in [1.54, 1.807) is 40.3 Å². The molecule has 0 bridgehead atoms. The first-order chi connectivity index (χ1) is 50.3. The number of anilines is 7. The van der Waals surface area contributed by atoms with Crippen LogP contribution in [0.15, 0.2) is 97.3 Å². The van der Waals surface area contributed by atoms with Gasteiger partial charge in [-0.2, -0.15) is 21.0 Å². The van der Waals surface area contributed by atoms with Gasteiger partial charge in [-0.3, -0.25) is 9.69 Å². The molecule has 10 heterocycles. The van der Waals surface area contributed by atoms with Gasteiger partial charge >= 0.3 is 12.2 Å². The summed E-state index contributed by atoms with van der Waals surface area (Å²) in [7, 11) is 0. The lowest BCUT2D eigenvalue weighted by atomic mass is 10.1. The summed E-state index contributed by atoms with van der Waals surface area (Å²) < 4.78 is 23.0. The second-order valence-corrected chi connectivity index (χ2v) is 29.7. The van der Waals surface area contributed by atoms with Crippen molar-refractivity contribution in [3.63, 3.8) is 0 Å². The fraction of sp³-hybridized carbons (Fsp3) is 0.461. The third kappa shape index (κ3) is 22.7. The van der Waals surface area contributed by atoms with Crippen molar-refractivity contribution in [2.45, 2.75) is 104 Å². The molecule has 29 heteroatoms. The van der Waals surface area contributed by atoms with Gasteiger partial charge in [0.2, 0.25) is 5.91 Å². The Bertz CT molecular complexity index is 4170. The number of aliphatic hydroxyl groups is 1. The lowest BCUT2D eigenvalue weighted by Gasteiger charge is -2.37. The van der Waals surface area contributed by atoms with Gasteiger partial charge in [0.25, 0.3) is 0 Å². The molecule has 8 aliphatic rings. The van der Waals surface area contributed by atoms with Gasteiger partial charge in [-0.05, 0) is 163 Å². The molecule has 6 fully saturated rings. The number of benzene rings is 4. The third-order valence-corrected chi connectivity index (χ3v) is 19.4. The monoisotopic (exact) mass is 1510 g/mol. The number of nitrogens with zero attached hydrogens (tertiary/aromatic N) is 14. The number of halogens is 5. The Kier molecular flexibility index (Phi) is 28.7. The number of carbonyl (C=O) groups excluding carboxylic acids is 3. The van der Waals surface area contributed by atoms with Gasteiger partial charge in [0.1, 0.15) is 23.1 Å². The molecule has 556 valence electrons. The molecule has 24 nitrogen and oxygen atoms in total. The smallest absolute Gasteiger partial charge is 0.410 e. The number of aliphatic hydroxyl groups excluding tert-OH is 1. The van der Waals surface area contributed by atoms with Gasteiger partial charge in [0.15, 0.2) is 11.6 Å². The highest BCUT2D eigenvalue weighted by molar-refractivity contribution is 6.34. The van der Waals surface area contributed by atoms with Crippen LogP contribution in [0.2, 0.25) is 20.1 Å². The lowest BCUT2D eigenvalue weighted by molar-refractivity contribution is -0.117. The number of amides is 3. The van der Waals surface area contributed by atoms with Gasteiger partial charge in [0, 0.05) is 149 Å². The fourth-order valence-electron chi connectivity index (χ4n) is 12.9. The molecular formula is C76H91Cl4FN18O6. The van der Waals surface area contributed by atoms with E-state index in [9.17, 15) is 18.8 Å². The predicted octanol–water partition coefficient (Wildman–Crippen LogP) is 11.9. The quantitative estimate of drug-likeness (QED) is 0.104. The van der Waals surface area contributed by atoms with Gasteiger partial charge in [0.05, 0.1) is 102 Å². The second-order valence-electron chi connectivity index (χ2n) is 28.0. The second kappa shape index (κ2) is 37.7. The van der Waals surface area contributed by atoms with E-state index in [1.807, 2.05) is 90.2 Å². The first-order valence-corrected chi connectivity index (χ1v) is 36.8. The van der Waals surface area contributed by atoms with Gasteiger partial charge in [-0.15, -0.1) is 0 Å². The molecule has 0 radical (unpaired) electrons. The summed E-state index contributed by atoms with van der Waals surface area (Å²) >= 11 is 24.1. The van der Waals surface area contributed by atoms with E-state index in [0.29, 0.717) is 69.5 Å². The number of nitriles is 4. The van der Waals surface area contributed by atoms with Crippen molar-refractivity contribution >= 4 is 105 Å². The van der Waals surface area contributed by atoms with Crippen LogP contribution in [0.4, 0.5) is 54.1 Å². The molecule has 0 aliphatic carbocycles. The zero-order valence-corrected chi connectivity index (χ0v) is 63.2. The largest absolute Gasteiger partial charge is 0.444 e. The maximum Gasteiger partial charge on any atom is 0.410 e. The highest BCUT2D eigenvalue weighted by Gasteiger charge is 2.38. The maximum atomic E-state index is 12.4. The minimum Gasteiger partial charge on any atom is -0.444 e. The van der Waals surface area contributed by atoms with Crippen LogP contribution in [-0.2, 0) is 27.4 Å². The van der Waals surface area contributed by atoms with E-state index < -0.39 is 11.4 Å². The Hall–Kier alpha value is -9.12. The fourth-order valence-corrected chi connectivity index (χ4v) is 14.0. The standard InChI is InChI=1S/C22H23ClN6O.C16H20ClN3O2.C11H12ClN3.C11H15N3O.C9H18N2O2.C7H3ClFN/c23-17-10-15(12-24)3-4-19(17)28-8-6-27(7-9-28)14-16-11-18-21(25-13-16)29-5-1-2-20(29)22(30)26-18;1-16(2,3)22-15(21)20-8-6-19(7-9-20)14-5-4-12(11-18)10-13(14)17;12-10-7-9(8-13)1-2-11(10)15-5-3-14-4-6-15;15-7-8-4-10-11(13-5-8)14-3-1-2-9(14)6-12-10;1-9(2,3)13-8(12)11-6-4-10-5-7-11;8-6-3-5(4-10)1-2-7(6)9/h3-4,10-11,13,20H,1-2,5-9,14H2,(H,26,30);4-5,10H,6-9H2,1-3H3;1-2,7,14H,3-6H2;4-5,9,12,15H,1-3,6-7H2;10H,4-7H2,1-3H3;1-3H/t20-;;;9-;;/m0..0../s1. The number of ether oxygens (including phenoxy) is 2. The minimum atomic E-state index is -0.499. The summed E-state index contributed by atoms with van der Waals surface area (Å²) in [4.78, 5) is 62.0. The van der Waals surface area contributed by atoms with Crippen molar-refractivity contribution in [3.8, 4) is 24.3 Å². The van der Waals surface area contributed by atoms with Crippen molar-refractivity contribution < 1.29 is 33.4 Å². The third-order valence-electron chi connectivity index (χ3n) is 18.2. The minimum absolute atomic E-state index is 0.0148. The van der Waals surface area contributed by atoms with Crippen molar-refractivity contribution in [2.75, 3.05) is 159 Å². The van der Waals surface area contributed by atoms with Crippen molar-refractivity contribution in [2.24, 2.45) is 0 Å². The number of fused-ring (bicyclic) bond motifs is 6. The molecule has 2 aromatic heterocycles. The summed E-state index contributed by atoms with van der Waals surface area (Å²) in [6, 6.07) is 32.8. The molecule has 0 saturated carbocycles. The van der Waals surface area contributed by atoms with Crippen LogP contribution in [0.1, 0.15) is 101 Å². The molecule has 6 aromatic rings. The number of nitrogens with one attached hydrogen (secondary N) is 4. The normalized spacial score (nSPS) is 18.0. The first-order valence-electron chi connectivity index (χ1n) is 35.3. The average molecular weight is 1510 g/mol. The maximum absolute atomic E-state index is 12.4. The molecule has 5 N–H and O–H groups in total. The SMILES string of the molecule is CC(C)(C)OC(=O)N1CCN(c2ccc(C#N)cc2Cl)CC1.CC(C)(C)OC(=O)N1CCNCC1.N#Cc1ccc(F)c(Cl)c1.N#Cc1ccc(N2CCN(Cc3cnc4c(c3)NC(=O)[C@@H]3CCCN43)CC2)c(Cl)c1.N#Cc1ccc(N2CCNCC2)c(Cl)c1.OCc1cnc2c(c1)NC[C@@H]1CCCN21. The van der Waals surface area contributed by atoms with Crippen LogP contribution >= 0.6 is 46.4 Å². The van der Waals surface area contributed by atoms with Crippen LogP contribution < -0.4 is 45.8 Å². The highest BCUT2D eigenvalue weighted by atomic mass is 35.5. The number of carbonyl (C=O) groups is 3. The van der Waals surface area contributed by atoms with E-state index in [-0.39, 0.29) is 41.4 Å². The summed E-state index contributed by atoms with van der Waals surface area (Å²) in [6.45, 7) is 28.3. The van der Waals surface area contributed by atoms with Crippen LogP contribution in [0.5, 0.6) is 0 Å². The summed E-state index contributed by atoms with van der Waals surface area (Å²) in [5, 5.41) is 58.7. The molecule has 105 heavy (non-hydrogen) atoms. The zero-order valence-electron chi connectivity index (χ0n) is 60.2. The van der Waals surface area contributed by atoms with E-state index >= 15 is 0 Å². The number of pyridine rings is 2. The topological polar surface area (TPSA) is 285 Å². The Morgan fingerprint density at radius 2 is 0.971 bits per heavy atom. The summed E-state index contributed by atoms with van der Waals surface area (Å²) in [6.07, 6.45) is 7.69. The Balaban J connectivity index is 0.000000152. The van der Waals surface area contributed by atoms with Crippen LogP contribution in [0, 0.1) is 51.1 Å². The van der Waals surface area contributed by atoms with E-state index in [4.69, 9.17) is 82.0 Å². The number of hydrogen-bond donors (Lipinski definition) is 5. The first kappa shape index (κ1) is 80.0. The van der Waals surface area contributed by atoms with Crippen molar-refractivity contribution in [1.82, 2.24) is 35.3 Å². The van der Waals surface area contributed by atoms with Crippen LogP contribution in [-0.4, -0.2) is 196 Å². The average Bonchev–Trinajstić information content (AvgIpc) is 1.72. The number of aromatic nitrogens is 2. The van der Waals surface area contributed by atoms with Crippen molar-refractivity contribution in [3.05, 3.63) is 157 Å². The van der Waals surface area contributed by atoms with Crippen molar-refractivity contribution in [1.29, 1.82) is 21.0 Å². The van der Waals surface area contributed by atoms with Gasteiger partial charge < -0.3 is 70.1 Å². The lowest BCUT2D eigenvalue weighted by Crippen LogP contribution is -2.50. The van der Waals surface area contributed by atoms with Gasteiger partial charge in [-0.25, -0.2) is 23.9 Å². The molecule has 0 spiro atoms. The number of piperazine rings is 4.